The molecule has 2 heterocycles. The van der Waals surface area contributed by atoms with Gasteiger partial charge in [-0.05, 0) is 30.5 Å². The summed E-state index contributed by atoms with van der Waals surface area (Å²) >= 11 is 0. The molecular formula is C18H20N2O3. The lowest BCUT2D eigenvalue weighted by Crippen LogP contribution is -2.42. The summed E-state index contributed by atoms with van der Waals surface area (Å²) < 4.78 is 7.17. The van der Waals surface area contributed by atoms with Gasteiger partial charge in [-0.1, -0.05) is 30.3 Å². The minimum atomic E-state index is -0.485. The smallest absolute Gasteiger partial charge is 0.329 e. The van der Waals surface area contributed by atoms with Gasteiger partial charge in [-0.3, -0.25) is 4.79 Å². The van der Waals surface area contributed by atoms with Crippen molar-refractivity contribution in [2.75, 3.05) is 6.54 Å². The van der Waals surface area contributed by atoms with Crippen LogP contribution in [0.2, 0.25) is 0 Å². The fourth-order valence-corrected chi connectivity index (χ4v) is 2.91. The minimum Gasteiger partial charge on any atom is -0.459 e. The Morgan fingerprint density at radius 1 is 1.17 bits per heavy atom. The van der Waals surface area contributed by atoms with Crippen molar-refractivity contribution in [1.82, 2.24) is 9.47 Å². The van der Waals surface area contributed by atoms with Gasteiger partial charge in [0.15, 0.2) is 0 Å². The predicted molar refractivity (Wildman–Crippen MR) is 85.7 cm³/mol. The first-order chi connectivity index (χ1) is 11.2. The molecule has 1 fully saturated rings. The van der Waals surface area contributed by atoms with Crippen LogP contribution in [0.15, 0.2) is 48.7 Å². The van der Waals surface area contributed by atoms with Gasteiger partial charge >= 0.3 is 5.97 Å². The van der Waals surface area contributed by atoms with E-state index >= 15 is 0 Å². The summed E-state index contributed by atoms with van der Waals surface area (Å²) in [6, 6.07) is 12.7. The molecule has 2 aromatic rings. The zero-order valence-corrected chi connectivity index (χ0v) is 13.1. The van der Waals surface area contributed by atoms with Crippen LogP contribution in [0.5, 0.6) is 0 Å². The molecule has 0 aliphatic carbocycles. The first-order valence-electron chi connectivity index (χ1n) is 7.79. The Labute approximate surface area is 135 Å². The van der Waals surface area contributed by atoms with Crippen molar-refractivity contribution < 1.29 is 14.3 Å². The summed E-state index contributed by atoms with van der Waals surface area (Å²) in [5.41, 5.74) is 1.53. The Balaban J connectivity index is 1.65. The maximum absolute atomic E-state index is 12.6. The van der Waals surface area contributed by atoms with Gasteiger partial charge < -0.3 is 14.2 Å². The standard InChI is InChI=1S/C18H20N2O3/c1-19-11-5-9-15(19)17(21)20-12-6-10-16(20)18(22)23-13-14-7-3-2-4-8-14/h2-5,7-9,11,16H,6,10,12-13H2,1H3/t16-/m1/s1. The molecule has 0 bridgehead atoms. The van der Waals surface area contributed by atoms with Crippen molar-refractivity contribution in [3.63, 3.8) is 0 Å². The van der Waals surface area contributed by atoms with E-state index in [0.717, 1.165) is 12.0 Å². The minimum absolute atomic E-state index is 0.114. The average molecular weight is 312 g/mol. The van der Waals surface area contributed by atoms with Gasteiger partial charge in [0.25, 0.3) is 5.91 Å². The molecule has 0 radical (unpaired) electrons. The summed E-state index contributed by atoms with van der Waals surface area (Å²) in [7, 11) is 1.83. The number of rotatable bonds is 4. The van der Waals surface area contributed by atoms with Crippen molar-refractivity contribution in [2.45, 2.75) is 25.5 Å². The van der Waals surface area contributed by atoms with Crippen LogP contribution < -0.4 is 0 Å². The normalized spacial score (nSPS) is 17.3. The third-order valence-corrected chi connectivity index (χ3v) is 4.17. The number of nitrogens with zero attached hydrogens (tertiary/aromatic N) is 2. The summed E-state index contributed by atoms with van der Waals surface area (Å²) in [5, 5.41) is 0. The molecule has 1 amide bonds. The third-order valence-electron chi connectivity index (χ3n) is 4.17. The van der Waals surface area contributed by atoms with E-state index in [2.05, 4.69) is 0 Å². The lowest BCUT2D eigenvalue weighted by Gasteiger charge is -2.23. The average Bonchev–Trinajstić information content (AvgIpc) is 3.22. The molecule has 23 heavy (non-hydrogen) atoms. The highest BCUT2D eigenvalue weighted by molar-refractivity contribution is 5.96. The maximum Gasteiger partial charge on any atom is 0.329 e. The number of likely N-dealkylation sites (tertiary alicyclic amines) is 1. The number of aromatic nitrogens is 1. The summed E-state index contributed by atoms with van der Waals surface area (Å²) in [5.74, 6) is -0.439. The monoisotopic (exact) mass is 312 g/mol. The number of hydrogen-bond acceptors (Lipinski definition) is 3. The summed E-state index contributed by atoms with van der Waals surface area (Å²) in [4.78, 5) is 26.6. The Morgan fingerprint density at radius 2 is 1.96 bits per heavy atom. The molecule has 0 spiro atoms. The van der Waals surface area contributed by atoms with E-state index in [-0.39, 0.29) is 18.5 Å². The molecule has 1 aromatic heterocycles. The van der Waals surface area contributed by atoms with Crippen LogP contribution in [0.25, 0.3) is 0 Å². The molecule has 1 aliphatic rings. The van der Waals surface area contributed by atoms with Gasteiger partial charge in [0.05, 0.1) is 0 Å². The third kappa shape index (κ3) is 3.28. The van der Waals surface area contributed by atoms with E-state index in [0.29, 0.717) is 18.7 Å². The van der Waals surface area contributed by atoms with E-state index in [1.807, 2.05) is 49.6 Å². The lowest BCUT2D eigenvalue weighted by molar-refractivity contribution is -0.149. The number of hydrogen-bond donors (Lipinski definition) is 0. The quantitative estimate of drug-likeness (QED) is 0.815. The Hall–Kier alpha value is -2.56. The zero-order chi connectivity index (χ0) is 16.2. The van der Waals surface area contributed by atoms with Crippen LogP contribution in [0, 0.1) is 0 Å². The largest absolute Gasteiger partial charge is 0.459 e. The number of benzene rings is 1. The van der Waals surface area contributed by atoms with E-state index in [9.17, 15) is 9.59 Å². The predicted octanol–water partition coefficient (Wildman–Crippen LogP) is 2.37. The van der Waals surface area contributed by atoms with Gasteiger partial charge in [0.1, 0.15) is 18.3 Å². The molecule has 1 aromatic carbocycles. The fourth-order valence-electron chi connectivity index (χ4n) is 2.91. The first-order valence-corrected chi connectivity index (χ1v) is 7.79. The van der Waals surface area contributed by atoms with Crippen LogP contribution in [0.1, 0.15) is 28.9 Å². The molecule has 0 unspecified atom stereocenters. The summed E-state index contributed by atoms with van der Waals surface area (Å²) in [6.45, 7) is 0.831. The van der Waals surface area contributed by atoms with Crippen LogP contribution in [0.4, 0.5) is 0 Å². The molecule has 1 saturated heterocycles. The van der Waals surface area contributed by atoms with Crippen LogP contribution in [-0.4, -0.2) is 33.9 Å². The second kappa shape index (κ2) is 6.69. The fraction of sp³-hybridized carbons (Fsp3) is 0.333. The highest BCUT2D eigenvalue weighted by Gasteiger charge is 2.36. The maximum atomic E-state index is 12.6. The molecular weight excluding hydrogens is 292 g/mol. The van der Waals surface area contributed by atoms with Crippen molar-refractivity contribution in [3.8, 4) is 0 Å². The van der Waals surface area contributed by atoms with Crippen molar-refractivity contribution in [1.29, 1.82) is 0 Å². The van der Waals surface area contributed by atoms with Gasteiger partial charge in [-0.2, -0.15) is 0 Å². The SMILES string of the molecule is Cn1cccc1C(=O)N1CCC[C@@H]1C(=O)OCc1ccccc1. The lowest BCUT2D eigenvalue weighted by atomic mass is 10.2. The highest BCUT2D eigenvalue weighted by Crippen LogP contribution is 2.21. The molecule has 1 aliphatic heterocycles. The van der Waals surface area contributed by atoms with E-state index in [1.165, 1.54) is 0 Å². The van der Waals surface area contributed by atoms with Crippen LogP contribution >= 0.6 is 0 Å². The molecule has 0 saturated carbocycles. The van der Waals surface area contributed by atoms with Crippen molar-refractivity contribution >= 4 is 11.9 Å². The number of carbonyl (C=O) groups excluding carboxylic acids is 2. The number of aryl methyl sites for hydroxylation is 1. The number of amides is 1. The van der Waals surface area contributed by atoms with Crippen molar-refractivity contribution in [3.05, 3.63) is 59.9 Å². The van der Waals surface area contributed by atoms with Crippen LogP contribution in [0.3, 0.4) is 0 Å². The molecule has 1 atom stereocenters. The second-order valence-electron chi connectivity index (χ2n) is 5.75. The Morgan fingerprint density at radius 3 is 2.65 bits per heavy atom. The van der Waals surface area contributed by atoms with Crippen LogP contribution in [-0.2, 0) is 23.2 Å². The van der Waals surface area contributed by atoms with Crippen molar-refractivity contribution in [2.24, 2.45) is 7.05 Å². The second-order valence-corrected chi connectivity index (χ2v) is 5.75. The van der Waals surface area contributed by atoms with Gasteiger partial charge in [0.2, 0.25) is 0 Å². The van der Waals surface area contributed by atoms with Gasteiger partial charge in [0, 0.05) is 19.8 Å². The molecule has 0 N–H and O–H groups in total. The molecule has 120 valence electrons. The molecule has 3 rings (SSSR count). The topological polar surface area (TPSA) is 51.5 Å². The van der Waals surface area contributed by atoms with E-state index in [4.69, 9.17) is 4.74 Å². The van der Waals surface area contributed by atoms with Gasteiger partial charge in [-0.15, -0.1) is 0 Å². The Kier molecular flexibility index (Phi) is 4.46. The number of ether oxygens (including phenoxy) is 1. The van der Waals surface area contributed by atoms with E-state index < -0.39 is 6.04 Å². The zero-order valence-electron chi connectivity index (χ0n) is 13.1. The number of esters is 1. The van der Waals surface area contributed by atoms with Gasteiger partial charge in [-0.25, -0.2) is 4.79 Å². The van der Waals surface area contributed by atoms with E-state index in [1.54, 1.807) is 15.5 Å². The molecule has 5 nitrogen and oxygen atoms in total. The summed E-state index contributed by atoms with van der Waals surface area (Å²) in [6.07, 6.45) is 3.30. The Bertz CT molecular complexity index is 693. The number of carbonyl (C=O) groups is 2. The molecule has 5 heteroatoms. The highest BCUT2D eigenvalue weighted by atomic mass is 16.5. The first kappa shape index (κ1) is 15.3.